The van der Waals surface area contributed by atoms with Gasteiger partial charge in [0.25, 0.3) is 0 Å². The number of aliphatic imine (C=N–C) groups is 2. The van der Waals surface area contributed by atoms with Crippen molar-refractivity contribution >= 4 is 40.8 Å². The van der Waals surface area contributed by atoms with Crippen LogP contribution in [0.2, 0.25) is 0 Å². The standard InChI is InChI=1S/C38H34N4S/c1-24(25-9-4-2-5-10-25)41-37(42-36(39)26-11-6-3-7-12-26)31-17-16-30-23-38(30)35(31)32-22-28(15-19-34(32)43-38)27-14-18-33-29(21-27)13-8-20-40-33/h2,4-6,8-19,21-22,24,30,40H,3,7,20,23H2,1H3,(H2,39,41,42). The molecule has 0 bridgehead atoms. The molecule has 43 heavy (non-hydrogen) atoms. The molecule has 1 spiro atoms. The molecule has 0 radical (unpaired) electrons. The summed E-state index contributed by atoms with van der Waals surface area (Å²) in [6.07, 6.45) is 18.6. The topological polar surface area (TPSA) is 62.8 Å². The zero-order valence-corrected chi connectivity index (χ0v) is 25.1. The average molecular weight is 579 g/mol. The molecule has 1 saturated carbocycles. The summed E-state index contributed by atoms with van der Waals surface area (Å²) < 4.78 is 0.0542. The molecule has 2 heterocycles. The van der Waals surface area contributed by atoms with E-state index in [-0.39, 0.29) is 10.8 Å². The Morgan fingerprint density at radius 2 is 1.84 bits per heavy atom. The van der Waals surface area contributed by atoms with Crippen LogP contribution in [0.15, 0.2) is 129 Å². The average Bonchev–Trinajstić information content (AvgIpc) is 3.68. The van der Waals surface area contributed by atoms with Gasteiger partial charge in [-0.05, 0) is 89.8 Å². The lowest BCUT2D eigenvalue weighted by Crippen LogP contribution is -2.20. The second-order valence-corrected chi connectivity index (χ2v) is 13.3. The van der Waals surface area contributed by atoms with Crippen molar-refractivity contribution in [1.82, 2.24) is 0 Å². The third kappa shape index (κ3) is 4.63. The molecule has 1 fully saturated rings. The van der Waals surface area contributed by atoms with Crippen molar-refractivity contribution < 1.29 is 0 Å². The molecular formula is C38H34N4S. The van der Waals surface area contributed by atoms with Gasteiger partial charge in [0.1, 0.15) is 5.84 Å². The molecule has 5 aliphatic rings. The molecule has 3 unspecified atom stereocenters. The first-order valence-corrected chi connectivity index (χ1v) is 16.1. The molecular weight excluding hydrogens is 545 g/mol. The number of nitrogens with zero attached hydrogens (tertiary/aromatic N) is 2. The van der Waals surface area contributed by atoms with Crippen molar-refractivity contribution in [2.75, 3.05) is 11.9 Å². The lowest BCUT2D eigenvalue weighted by molar-refractivity contribution is 0.818. The van der Waals surface area contributed by atoms with Crippen molar-refractivity contribution in [2.45, 2.75) is 41.9 Å². The summed E-state index contributed by atoms with van der Waals surface area (Å²) in [7, 11) is 0. The van der Waals surface area contributed by atoms with E-state index >= 15 is 0 Å². The number of amidine groups is 2. The Hall–Kier alpha value is -4.35. The van der Waals surface area contributed by atoms with E-state index in [9.17, 15) is 0 Å². The molecule has 3 aromatic rings. The lowest BCUT2D eigenvalue weighted by atomic mass is 9.88. The van der Waals surface area contributed by atoms with Crippen LogP contribution in [0.4, 0.5) is 5.69 Å². The van der Waals surface area contributed by atoms with Gasteiger partial charge < -0.3 is 11.1 Å². The van der Waals surface area contributed by atoms with E-state index in [1.165, 1.54) is 38.4 Å². The summed E-state index contributed by atoms with van der Waals surface area (Å²) in [5.74, 6) is 1.78. The van der Waals surface area contributed by atoms with Gasteiger partial charge in [0.05, 0.1) is 10.8 Å². The second-order valence-electron chi connectivity index (χ2n) is 11.9. The zero-order chi connectivity index (χ0) is 29.0. The minimum Gasteiger partial charge on any atom is -0.383 e. The molecule has 3 atom stereocenters. The van der Waals surface area contributed by atoms with E-state index < -0.39 is 0 Å². The van der Waals surface area contributed by atoms with Gasteiger partial charge >= 0.3 is 0 Å². The van der Waals surface area contributed by atoms with Crippen molar-refractivity contribution in [1.29, 1.82) is 0 Å². The highest BCUT2D eigenvalue weighted by atomic mass is 32.2. The van der Waals surface area contributed by atoms with E-state index in [0.717, 1.165) is 42.5 Å². The Kier molecular flexibility index (Phi) is 6.37. The van der Waals surface area contributed by atoms with Crippen LogP contribution in [0.5, 0.6) is 0 Å². The Morgan fingerprint density at radius 3 is 2.70 bits per heavy atom. The summed E-state index contributed by atoms with van der Waals surface area (Å²) in [5, 5.41) is 3.47. The number of anilines is 1. The van der Waals surface area contributed by atoms with Crippen LogP contribution in [0.3, 0.4) is 0 Å². The predicted octanol–water partition coefficient (Wildman–Crippen LogP) is 8.77. The van der Waals surface area contributed by atoms with E-state index in [2.05, 4.69) is 115 Å². The first-order chi connectivity index (χ1) is 21.1. The minimum atomic E-state index is -0.0602. The van der Waals surface area contributed by atoms with Crippen LogP contribution >= 0.6 is 11.8 Å². The van der Waals surface area contributed by atoms with Crippen LogP contribution in [0.1, 0.15) is 48.9 Å². The molecule has 3 N–H and O–H groups in total. The van der Waals surface area contributed by atoms with Crippen LogP contribution < -0.4 is 11.1 Å². The molecule has 2 aliphatic heterocycles. The Bertz CT molecular complexity index is 1860. The van der Waals surface area contributed by atoms with Crippen LogP contribution in [0.25, 0.3) is 22.8 Å². The predicted molar refractivity (Wildman–Crippen MR) is 183 cm³/mol. The van der Waals surface area contributed by atoms with Crippen LogP contribution in [-0.2, 0) is 0 Å². The molecule has 0 amide bonds. The Morgan fingerprint density at radius 1 is 0.977 bits per heavy atom. The van der Waals surface area contributed by atoms with Crippen LogP contribution in [-0.4, -0.2) is 23.0 Å². The Balaban J connectivity index is 1.28. The number of hydrogen-bond donors (Lipinski definition) is 2. The van der Waals surface area contributed by atoms with E-state index in [0.29, 0.717) is 17.6 Å². The van der Waals surface area contributed by atoms with Crippen LogP contribution in [0, 0.1) is 5.92 Å². The van der Waals surface area contributed by atoms with Gasteiger partial charge in [-0.3, -0.25) is 4.99 Å². The van der Waals surface area contributed by atoms with E-state index in [1.54, 1.807) is 0 Å². The van der Waals surface area contributed by atoms with Crippen molar-refractivity contribution in [3.05, 3.63) is 131 Å². The molecule has 3 aliphatic carbocycles. The van der Waals surface area contributed by atoms with Gasteiger partial charge in [-0.2, -0.15) is 0 Å². The molecule has 0 aromatic heterocycles. The van der Waals surface area contributed by atoms with Gasteiger partial charge in [0.15, 0.2) is 5.84 Å². The maximum absolute atomic E-state index is 6.69. The Labute approximate surface area is 257 Å². The normalized spacial score (nSPS) is 24.0. The van der Waals surface area contributed by atoms with Gasteiger partial charge in [-0.25, -0.2) is 4.99 Å². The monoisotopic (exact) mass is 578 g/mol. The fraction of sp³-hybridized carbons (Fsp3) is 0.211. The summed E-state index contributed by atoms with van der Waals surface area (Å²) in [5.41, 5.74) is 17.5. The van der Waals surface area contributed by atoms with E-state index in [4.69, 9.17) is 15.7 Å². The highest BCUT2D eigenvalue weighted by Crippen LogP contribution is 2.72. The summed E-state index contributed by atoms with van der Waals surface area (Å²) in [4.78, 5) is 11.7. The first kappa shape index (κ1) is 26.3. The number of nitrogens with one attached hydrogen (secondary N) is 1. The number of rotatable bonds is 5. The largest absolute Gasteiger partial charge is 0.383 e. The fourth-order valence-electron chi connectivity index (χ4n) is 6.75. The molecule has 3 aromatic carbocycles. The summed E-state index contributed by atoms with van der Waals surface area (Å²) >= 11 is 2.02. The minimum absolute atomic E-state index is 0.0542. The second kappa shape index (κ2) is 10.4. The fourth-order valence-corrected chi connectivity index (χ4v) is 8.36. The number of thioether (sulfide) groups is 1. The maximum atomic E-state index is 6.69. The number of fused-ring (bicyclic) bond motifs is 3. The quantitative estimate of drug-likeness (QED) is 0.235. The van der Waals surface area contributed by atoms with Gasteiger partial charge in [-0.1, -0.05) is 85.0 Å². The summed E-state index contributed by atoms with van der Waals surface area (Å²) in [6, 6.07) is 24.1. The maximum Gasteiger partial charge on any atom is 0.157 e. The number of allylic oxidation sites excluding steroid dienone is 3. The van der Waals surface area contributed by atoms with Crippen molar-refractivity contribution in [3.63, 3.8) is 0 Å². The first-order valence-electron chi connectivity index (χ1n) is 15.2. The third-order valence-electron chi connectivity index (χ3n) is 9.14. The van der Waals surface area contributed by atoms with E-state index in [1.807, 2.05) is 17.8 Å². The molecule has 0 saturated heterocycles. The molecule has 5 heteroatoms. The number of nitrogens with two attached hydrogens (primary N) is 1. The highest BCUT2D eigenvalue weighted by Gasteiger charge is 2.62. The van der Waals surface area contributed by atoms with Crippen molar-refractivity contribution in [3.8, 4) is 11.1 Å². The number of benzene rings is 3. The van der Waals surface area contributed by atoms with Crippen molar-refractivity contribution in [2.24, 2.45) is 21.6 Å². The van der Waals surface area contributed by atoms with Gasteiger partial charge in [0.2, 0.25) is 0 Å². The molecule has 8 rings (SSSR count). The number of hydrogen-bond acceptors (Lipinski definition) is 3. The third-order valence-corrected chi connectivity index (χ3v) is 10.8. The highest BCUT2D eigenvalue weighted by molar-refractivity contribution is 8.02. The molecule has 4 nitrogen and oxygen atoms in total. The SMILES string of the molecule is CC(N=C(N=C(N)C1=CCCC=C1)C1=C2c3cc(-c4ccc5c(c4)C=CCN5)ccc3SC23CC3C=C1)c1ccccc1. The smallest absolute Gasteiger partial charge is 0.157 e. The zero-order valence-electron chi connectivity index (χ0n) is 24.3. The summed E-state index contributed by atoms with van der Waals surface area (Å²) in [6.45, 7) is 3.02. The molecule has 212 valence electrons. The lowest BCUT2D eigenvalue weighted by Gasteiger charge is -2.21. The van der Waals surface area contributed by atoms with Gasteiger partial charge in [-0.15, -0.1) is 11.8 Å². The van der Waals surface area contributed by atoms with Gasteiger partial charge in [0, 0.05) is 28.3 Å².